The van der Waals surface area contributed by atoms with Crippen molar-refractivity contribution in [1.82, 2.24) is 15.5 Å². The maximum atomic E-state index is 12.6. The van der Waals surface area contributed by atoms with Crippen LogP contribution in [0, 0.1) is 0 Å². The van der Waals surface area contributed by atoms with Gasteiger partial charge in [-0.1, -0.05) is 30.3 Å². The summed E-state index contributed by atoms with van der Waals surface area (Å²) in [7, 11) is 0. The van der Waals surface area contributed by atoms with Crippen LogP contribution in [0.5, 0.6) is 0 Å². The average Bonchev–Trinajstić information content (AvgIpc) is 3.11. The second kappa shape index (κ2) is 6.57. The zero-order chi connectivity index (χ0) is 17.1. The van der Waals surface area contributed by atoms with Gasteiger partial charge in [-0.15, -0.1) is 0 Å². The Morgan fingerprint density at radius 2 is 1.92 bits per heavy atom. The summed E-state index contributed by atoms with van der Waals surface area (Å²) in [5, 5.41) is 14.0. The molecule has 3 aromatic rings. The predicted octanol–water partition coefficient (Wildman–Crippen LogP) is 3.39. The molecule has 2 aromatic carbocycles. The highest BCUT2D eigenvalue weighted by Crippen LogP contribution is 2.32. The van der Waals surface area contributed by atoms with E-state index in [1.54, 1.807) is 6.20 Å². The van der Waals surface area contributed by atoms with Gasteiger partial charge in [-0.2, -0.15) is 5.10 Å². The smallest absolute Gasteiger partial charge is 0.319 e. The number of urea groups is 1. The molecule has 1 aliphatic heterocycles. The molecule has 2 amide bonds. The second-order valence-corrected chi connectivity index (χ2v) is 6.31. The minimum atomic E-state index is -0.399. The Morgan fingerprint density at radius 3 is 2.72 bits per heavy atom. The maximum absolute atomic E-state index is 12.6. The quantitative estimate of drug-likeness (QED) is 0.686. The van der Waals surface area contributed by atoms with Gasteiger partial charge >= 0.3 is 6.03 Å². The molecule has 0 aliphatic carbocycles. The highest BCUT2D eigenvalue weighted by Gasteiger charge is 2.35. The number of nitrogens with zero attached hydrogens (tertiary/aromatic N) is 1. The van der Waals surface area contributed by atoms with Crippen LogP contribution >= 0.6 is 0 Å². The van der Waals surface area contributed by atoms with Crippen LogP contribution in [-0.2, 0) is 10.3 Å². The predicted molar refractivity (Wildman–Crippen MR) is 96.4 cm³/mol. The zero-order valence-corrected chi connectivity index (χ0v) is 13.8. The Bertz CT molecular complexity index is 869. The number of carbonyl (C=O) groups is 1. The average molecular weight is 336 g/mol. The van der Waals surface area contributed by atoms with Crippen molar-refractivity contribution in [3.63, 3.8) is 0 Å². The summed E-state index contributed by atoms with van der Waals surface area (Å²) in [4.78, 5) is 12.6. The third kappa shape index (κ3) is 3.21. The standard InChI is InChI=1S/C19H20N4O2/c24-18(21-16-6-7-17-14(12-16)13-20-23-17)22-19(8-10-25-11-9-19)15-4-2-1-3-5-15/h1-7,12-13H,8-11H2,(H,20,23)(H2,21,22,24). The van der Waals surface area contributed by atoms with E-state index in [0.29, 0.717) is 13.2 Å². The Balaban J connectivity index is 1.54. The number of rotatable bonds is 3. The number of anilines is 1. The first kappa shape index (κ1) is 15.7. The number of nitrogens with one attached hydrogen (secondary N) is 3. The molecule has 0 spiro atoms. The van der Waals surface area contributed by atoms with Gasteiger partial charge < -0.3 is 15.4 Å². The summed E-state index contributed by atoms with van der Waals surface area (Å²) in [5.41, 5.74) is 2.39. The van der Waals surface area contributed by atoms with Gasteiger partial charge in [0.15, 0.2) is 0 Å². The van der Waals surface area contributed by atoms with Crippen molar-refractivity contribution in [2.45, 2.75) is 18.4 Å². The minimum Gasteiger partial charge on any atom is -0.381 e. The number of aromatic nitrogens is 2. The molecule has 0 atom stereocenters. The van der Waals surface area contributed by atoms with Crippen molar-refractivity contribution < 1.29 is 9.53 Å². The summed E-state index contributed by atoms with van der Waals surface area (Å²) in [6.45, 7) is 1.27. The lowest BCUT2D eigenvalue weighted by Crippen LogP contribution is -2.50. The van der Waals surface area contributed by atoms with Crippen LogP contribution in [0.15, 0.2) is 54.7 Å². The van der Waals surface area contributed by atoms with Crippen molar-refractivity contribution in [3.05, 3.63) is 60.3 Å². The molecular weight excluding hydrogens is 316 g/mol. The van der Waals surface area contributed by atoms with Crippen LogP contribution in [0.1, 0.15) is 18.4 Å². The molecule has 1 aromatic heterocycles. The SMILES string of the molecule is O=C(Nc1ccc2[nH]ncc2c1)NC1(c2ccccc2)CCOCC1. The lowest BCUT2D eigenvalue weighted by Gasteiger charge is -2.38. The fourth-order valence-electron chi connectivity index (χ4n) is 3.36. The summed E-state index contributed by atoms with van der Waals surface area (Å²) < 4.78 is 5.50. The third-order valence-electron chi connectivity index (χ3n) is 4.72. The Kier molecular flexibility index (Phi) is 4.11. The van der Waals surface area contributed by atoms with Gasteiger partial charge in [0.25, 0.3) is 0 Å². The normalized spacial score (nSPS) is 16.5. The van der Waals surface area contributed by atoms with Crippen LogP contribution in [0.25, 0.3) is 10.9 Å². The molecule has 6 nitrogen and oxygen atoms in total. The van der Waals surface area contributed by atoms with E-state index in [1.165, 1.54) is 0 Å². The molecule has 3 N–H and O–H groups in total. The number of ether oxygens (including phenoxy) is 1. The first-order valence-electron chi connectivity index (χ1n) is 8.41. The largest absolute Gasteiger partial charge is 0.381 e. The van der Waals surface area contributed by atoms with Gasteiger partial charge in [-0.05, 0) is 36.6 Å². The third-order valence-corrected chi connectivity index (χ3v) is 4.72. The molecule has 0 radical (unpaired) electrons. The number of fused-ring (bicyclic) bond motifs is 1. The molecule has 1 aliphatic rings. The van der Waals surface area contributed by atoms with E-state index in [2.05, 4.69) is 33.0 Å². The molecule has 25 heavy (non-hydrogen) atoms. The fraction of sp³-hybridized carbons (Fsp3) is 0.263. The molecule has 128 valence electrons. The highest BCUT2D eigenvalue weighted by atomic mass is 16.5. The van der Waals surface area contributed by atoms with Gasteiger partial charge in [0.2, 0.25) is 0 Å². The zero-order valence-electron chi connectivity index (χ0n) is 13.8. The first-order chi connectivity index (χ1) is 12.3. The van der Waals surface area contributed by atoms with Crippen LogP contribution in [0.3, 0.4) is 0 Å². The number of hydrogen-bond acceptors (Lipinski definition) is 3. The van der Waals surface area contributed by atoms with Gasteiger partial charge in [0, 0.05) is 24.3 Å². The summed E-state index contributed by atoms with van der Waals surface area (Å²) in [6, 6.07) is 15.5. The molecule has 1 fully saturated rings. The van der Waals surface area contributed by atoms with Crippen molar-refractivity contribution >= 4 is 22.6 Å². The molecule has 1 saturated heterocycles. The minimum absolute atomic E-state index is 0.214. The number of carbonyl (C=O) groups excluding carboxylic acids is 1. The molecule has 0 unspecified atom stereocenters. The monoisotopic (exact) mass is 336 g/mol. The van der Waals surface area contributed by atoms with Crippen molar-refractivity contribution in [2.24, 2.45) is 0 Å². The van der Waals surface area contributed by atoms with E-state index in [-0.39, 0.29) is 6.03 Å². The van der Waals surface area contributed by atoms with Crippen molar-refractivity contribution in [3.8, 4) is 0 Å². The molecule has 4 rings (SSSR count). The Hall–Kier alpha value is -2.86. The van der Waals surface area contributed by atoms with E-state index >= 15 is 0 Å². The maximum Gasteiger partial charge on any atom is 0.319 e. The fourth-order valence-corrected chi connectivity index (χ4v) is 3.36. The first-order valence-corrected chi connectivity index (χ1v) is 8.41. The molecular formula is C19H20N4O2. The summed E-state index contributed by atoms with van der Waals surface area (Å²) in [6.07, 6.45) is 3.25. The van der Waals surface area contributed by atoms with E-state index in [0.717, 1.165) is 35.0 Å². The number of aromatic amines is 1. The Labute approximate surface area is 145 Å². The molecule has 0 bridgehead atoms. The summed E-state index contributed by atoms with van der Waals surface area (Å²) in [5.74, 6) is 0. The van der Waals surface area contributed by atoms with Gasteiger partial charge in [0.1, 0.15) is 0 Å². The molecule has 6 heteroatoms. The lowest BCUT2D eigenvalue weighted by atomic mass is 9.83. The Morgan fingerprint density at radius 1 is 1.12 bits per heavy atom. The van der Waals surface area contributed by atoms with E-state index < -0.39 is 5.54 Å². The van der Waals surface area contributed by atoms with E-state index in [1.807, 2.05) is 36.4 Å². The van der Waals surface area contributed by atoms with Crippen LogP contribution in [-0.4, -0.2) is 29.4 Å². The summed E-state index contributed by atoms with van der Waals surface area (Å²) >= 11 is 0. The second-order valence-electron chi connectivity index (χ2n) is 6.31. The van der Waals surface area contributed by atoms with Gasteiger partial charge in [-0.25, -0.2) is 4.79 Å². The number of benzene rings is 2. The van der Waals surface area contributed by atoms with Crippen molar-refractivity contribution in [2.75, 3.05) is 18.5 Å². The lowest BCUT2D eigenvalue weighted by molar-refractivity contribution is 0.0418. The number of H-pyrrole nitrogens is 1. The van der Waals surface area contributed by atoms with Crippen LogP contribution in [0.2, 0.25) is 0 Å². The highest BCUT2D eigenvalue weighted by molar-refractivity contribution is 5.93. The topological polar surface area (TPSA) is 79.0 Å². The van der Waals surface area contributed by atoms with E-state index in [9.17, 15) is 4.79 Å². The van der Waals surface area contributed by atoms with Gasteiger partial charge in [-0.3, -0.25) is 5.10 Å². The number of hydrogen-bond donors (Lipinski definition) is 3. The van der Waals surface area contributed by atoms with Crippen LogP contribution in [0.4, 0.5) is 10.5 Å². The van der Waals surface area contributed by atoms with Gasteiger partial charge in [0.05, 0.1) is 17.3 Å². The molecule has 2 heterocycles. The van der Waals surface area contributed by atoms with Crippen molar-refractivity contribution in [1.29, 1.82) is 0 Å². The van der Waals surface area contributed by atoms with E-state index in [4.69, 9.17) is 4.74 Å². The van der Waals surface area contributed by atoms with Crippen LogP contribution < -0.4 is 10.6 Å². The number of amides is 2. The molecule has 0 saturated carbocycles.